The second-order valence-corrected chi connectivity index (χ2v) is 8.31. The zero-order valence-electron chi connectivity index (χ0n) is 14.2. The third-order valence-electron chi connectivity index (χ3n) is 4.42. The SMILES string of the molecule is Cc1cccc(NC(=O)[C@@H]2CCCN(S(=O)(=O)c3ccccc3)C2)c1. The summed E-state index contributed by atoms with van der Waals surface area (Å²) in [4.78, 5) is 12.8. The first kappa shape index (κ1) is 17.6. The van der Waals surface area contributed by atoms with Crippen molar-refractivity contribution >= 4 is 21.6 Å². The molecular formula is C19H22N2O3S. The molecule has 1 aliphatic heterocycles. The van der Waals surface area contributed by atoms with Crippen molar-refractivity contribution in [3.63, 3.8) is 0 Å². The second-order valence-electron chi connectivity index (χ2n) is 6.37. The van der Waals surface area contributed by atoms with E-state index in [2.05, 4.69) is 5.32 Å². The zero-order valence-corrected chi connectivity index (χ0v) is 15.0. The van der Waals surface area contributed by atoms with Crippen molar-refractivity contribution in [1.82, 2.24) is 4.31 Å². The van der Waals surface area contributed by atoms with Crippen LogP contribution in [0.4, 0.5) is 5.69 Å². The molecule has 2 aromatic rings. The van der Waals surface area contributed by atoms with Gasteiger partial charge in [-0.05, 0) is 49.6 Å². The number of anilines is 1. The van der Waals surface area contributed by atoms with Crippen molar-refractivity contribution < 1.29 is 13.2 Å². The fraction of sp³-hybridized carbons (Fsp3) is 0.316. The lowest BCUT2D eigenvalue weighted by atomic mass is 9.98. The third-order valence-corrected chi connectivity index (χ3v) is 6.30. The second kappa shape index (κ2) is 7.37. The van der Waals surface area contributed by atoms with Gasteiger partial charge in [0.1, 0.15) is 0 Å². The summed E-state index contributed by atoms with van der Waals surface area (Å²) in [6.45, 7) is 2.63. The summed E-state index contributed by atoms with van der Waals surface area (Å²) in [5, 5.41) is 2.90. The monoisotopic (exact) mass is 358 g/mol. The molecule has 5 nitrogen and oxygen atoms in total. The normalized spacial score (nSPS) is 18.7. The molecule has 0 aliphatic carbocycles. The van der Waals surface area contributed by atoms with Gasteiger partial charge in [0.25, 0.3) is 0 Å². The number of carbonyl (C=O) groups is 1. The molecule has 1 aliphatic rings. The zero-order chi connectivity index (χ0) is 17.9. The molecule has 0 aromatic heterocycles. The Kier molecular flexibility index (Phi) is 5.20. The quantitative estimate of drug-likeness (QED) is 0.913. The number of piperidine rings is 1. The van der Waals surface area contributed by atoms with Gasteiger partial charge in [0.05, 0.1) is 10.8 Å². The first-order chi connectivity index (χ1) is 12.0. The van der Waals surface area contributed by atoms with Crippen LogP contribution in [0.2, 0.25) is 0 Å². The maximum absolute atomic E-state index is 12.8. The lowest BCUT2D eigenvalue weighted by Crippen LogP contribution is -2.43. The lowest BCUT2D eigenvalue weighted by Gasteiger charge is -2.31. The molecule has 0 radical (unpaired) electrons. The highest BCUT2D eigenvalue weighted by Crippen LogP contribution is 2.24. The van der Waals surface area contributed by atoms with Gasteiger partial charge in [-0.15, -0.1) is 0 Å². The van der Waals surface area contributed by atoms with E-state index in [-0.39, 0.29) is 23.3 Å². The predicted octanol–water partition coefficient (Wildman–Crippen LogP) is 3.03. The third kappa shape index (κ3) is 4.08. The van der Waals surface area contributed by atoms with E-state index in [4.69, 9.17) is 0 Å². The van der Waals surface area contributed by atoms with Gasteiger partial charge in [-0.1, -0.05) is 30.3 Å². The minimum atomic E-state index is -3.55. The number of sulfonamides is 1. The Morgan fingerprint density at radius 3 is 2.60 bits per heavy atom. The van der Waals surface area contributed by atoms with Crippen molar-refractivity contribution in [3.8, 4) is 0 Å². The number of rotatable bonds is 4. The summed E-state index contributed by atoms with van der Waals surface area (Å²) >= 11 is 0. The minimum absolute atomic E-state index is 0.126. The first-order valence-electron chi connectivity index (χ1n) is 8.39. The Labute approximate surface area is 148 Å². The molecule has 2 aromatic carbocycles. The van der Waals surface area contributed by atoms with Crippen molar-refractivity contribution in [2.45, 2.75) is 24.7 Å². The Bertz CT molecular complexity index is 850. The topological polar surface area (TPSA) is 66.5 Å². The molecule has 6 heteroatoms. The Morgan fingerprint density at radius 1 is 1.12 bits per heavy atom. The van der Waals surface area contributed by atoms with E-state index >= 15 is 0 Å². The number of benzene rings is 2. The van der Waals surface area contributed by atoms with Gasteiger partial charge in [-0.3, -0.25) is 4.79 Å². The summed E-state index contributed by atoms with van der Waals surface area (Å²) in [6, 6.07) is 16.0. The minimum Gasteiger partial charge on any atom is -0.326 e. The molecule has 1 fully saturated rings. The van der Waals surface area contributed by atoms with E-state index in [1.165, 1.54) is 4.31 Å². The average Bonchev–Trinajstić information content (AvgIpc) is 2.62. The van der Waals surface area contributed by atoms with Crippen molar-refractivity contribution in [2.24, 2.45) is 5.92 Å². The van der Waals surface area contributed by atoms with E-state index in [0.717, 1.165) is 11.3 Å². The molecular weight excluding hydrogens is 336 g/mol. The van der Waals surface area contributed by atoms with Crippen LogP contribution in [0.15, 0.2) is 59.5 Å². The van der Waals surface area contributed by atoms with Crippen LogP contribution in [0.5, 0.6) is 0 Å². The van der Waals surface area contributed by atoms with Crippen LogP contribution in [0.25, 0.3) is 0 Å². The van der Waals surface area contributed by atoms with Gasteiger partial charge in [-0.2, -0.15) is 4.31 Å². The van der Waals surface area contributed by atoms with E-state index < -0.39 is 10.0 Å². The Hall–Kier alpha value is -2.18. The molecule has 132 valence electrons. The lowest BCUT2D eigenvalue weighted by molar-refractivity contribution is -0.120. The van der Waals surface area contributed by atoms with Gasteiger partial charge >= 0.3 is 0 Å². The van der Waals surface area contributed by atoms with Gasteiger partial charge in [0.2, 0.25) is 15.9 Å². The largest absolute Gasteiger partial charge is 0.326 e. The van der Waals surface area contributed by atoms with Crippen LogP contribution in [-0.2, 0) is 14.8 Å². The molecule has 1 saturated heterocycles. The highest BCUT2D eigenvalue weighted by Gasteiger charge is 2.33. The first-order valence-corrected chi connectivity index (χ1v) is 9.83. The maximum Gasteiger partial charge on any atom is 0.243 e. The fourth-order valence-corrected chi connectivity index (χ4v) is 4.63. The summed E-state index contributed by atoms with van der Waals surface area (Å²) in [5.74, 6) is -0.466. The maximum atomic E-state index is 12.8. The molecule has 1 atom stereocenters. The number of aryl methyl sites for hydroxylation is 1. The molecule has 1 amide bonds. The van der Waals surface area contributed by atoms with Crippen LogP contribution in [-0.4, -0.2) is 31.7 Å². The number of carbonyl (C=O) groups excluding carboxylic acids is 1. The molecule has 1 heterocycles. The van der Waals surface area contributed by atoms with Gasteiger partial charge in [0, 0.05) is 18.8 Å². The predicted molar refractivity (Wildman–Crippen MR) is 97.7 cm³/mol. The van der Waals surface area contributed by atoms with Gasteiger partial charge in [-0.25, -0.2) is 8.42 Å². The summed E-state index contributed by atoms with van der Waals surface area (Å²) in [5.41, 5.74) is 1.81. The number of hydrogen-bond donors (Lipinski definition) is 1. The molecule has 1 N–H and O–H groups in total. The highest BCUT2D eigenvalue weighted by atomic mass is 32.2. The summed E-state index contributed by atoms with van der Waals surface area (Å²) in [6.07, 6.45) is 1.37. The van der Waals surface area contributed by atoms with E-state index in [1.54, 1.807) is 30.3 Å². The van der Waals surface area contributed by atoms with Gasteiger partial charge in [0.15, 0.2) is 0 Å². The standard InChI is InChI=1S/C19H22N2O3S/c1-15-7-5-9-17(13-15)20-19(22)16-8-6-12-21(14-16)25(23,24)18-10-3-2-4-11-18/h2-5,7,9-11,13,16H,6,8,12,14H2,1H3,(H,20,22)/t16-/m1/s1. The van der Waals surface area contributed by atoms with Crippen LogP contribution in [0.3, 0.4) is 0 Å². The van der Waals surface area contributed by atoms with Crippen molar-refractivity contribution in [3.05, 3.63) is 60.2 Å². The summed E-state index contributed by atoms with van der Waals surface area (Å²) in [7, 11) is -3.55. The number of nitrogens with zero attached hydrogens (tertiary/aromatic N) is 1. The molecule has 0 unspecified atom stereocenters. The smallest absolute Gasteiger partial charge is 0.243 e. The van der Waals surface area contributed by atoms with Crippen LogP contribution < -0.4 is 5.32 Å². The number of nitrogens with one attached hydrogen (secondary N) is 1. The van der Waals surface area contributed by atoms with E-state index in [9.17, 15) is 13.2 Å². The molecule has 25 heavy (non-hydrogen) atoms. The molecule has 0 spiro atoms. The Morgan fingerprint density at radius 2 is 1.88 bits per heavy atom. The number of amides is 1. The fourth-order valence-electron chi connectivity index (χ4n) is 3.08. The van der Waals surface area contributed by atoms with E-state index in [0.29, 0.717) is 19.4 Å². The number of hydrogen-bond acceptors (Lipinski definition) is 3. The van der Waals surface area contributed by atoms with Crippen LogP contribution in [0.1, 0.15) is 18.4 Å². The van der Waals surface area contributed by atoms with Crippen molar-refractivity contribution in [2.75, 3.05) is 18.4 Å². The van der Waals surface area contributed by atoms with Gasteiger partial charge < -0.3 is 5.32 Å². The molecule has 3 rings (SSSR count). The molecule has 0 saturated carbocycles. The van der Waals surface area contributed by atoms with Crippen LogP contribution >= 0.6 is 0 Å². The molecule has 0 bridgehead atoms. The highest BCUT2D eigenvalue weighted by molar-refractivity contribution is 7.89. The van der Waals surface area contributed by atoms with Crippen molar-refractivity contribution in [1.29, 1.82) is 0 Å². The average molecular weight is 358 g/mol. The van der Waals surface area contributed by atoms with E-state index in [1.807, 2.05) is 31.2 Å². The van der Waals surface area contributed by atoms with Crippen LogP contribution in [0, 0.1) is 12.8 Å². The Balaban J connectivity index is 1.71. The summed E-state index contributed by atoms with van der Waals surface area (Å²) < 4.78 is 26.9.